The van der Waals surface area contributed by atoms with E-state index in [9.17, 15) is 0 Å². The molecule has 0 bridgehead atoms. The molecule has 0 aliphatic heterocycles. The fourth-order valence-electron chi connectivity index (χ4n) is 2.70. The molecule has 0 aliphatic carbocycles. The Morgan fingerprint density at radius 2 is 1.61 bits per heavy atom. The molecule has 0 fully saturated rings. The van der Waals surface area contributed by atoms with Gasteiger partial charge >= 0.3 is 0 Å². The Morgan fingerprint density at radius 1 is 0.870 bits per heavy atom. The average Bonchev–Trinajstić information content (AvgIpc) is 2.56. The molecule has 0 radical (unpaired) electrons. The highest BCUT2D eigenvalue weighted by Crippen LogP contribution is 2.24. The predicted octanol–water partition coefficient (Wildman–Crippen LogP) is 5.09. The first-order valence-electron chi connectivity index (χ1n) is 7.86. The van der Waals surface area contributed by atoms with Crippen molar-refractivity contribution in [1.29, 1.82) is 0 Å². The first-order valence-corrected chi connectivity index (χ1v) is 7.86. The summed E-state index contributed by atoms with van der Waals surface area (Å²) in [6.07, 6.45) is 6.22. The van der Waals surface area contributed by atoms with Gasteiger partial charge in [-0.15, -0.1) is 0 Å². The van der Waals surface area contributed by atoms with Crippen LogP contribution in [0.1, 0.15) is 22.3 Å². The van der Waals surface area contributed by atoms with Crippen molar-refractivity contribution in [1.82, 2.24) is 4.98 Å². The third kappa shape index (κ3) is 3.11. The van der Waals surface area contributed by atoms with Gasteiger partial charge in [-0.05, 0) is 54.3 Å². The van der Waals surface area contributed by atoms with Crippen LogP contribution in [0.15, 0.2) is 48.7 Å². The molecule has 1 heterocycles. The molecule has 2 heteroatoms. The first kappa shape index (κ1) is 15.3. The van der Waals surface area contributed by atoms with Crippen molar-refractivity contribution >= 4 is 28.7 Å². The average molecular weight is 302 g/mol. The highest BCUT2D eigenvalue weighted by atomic mass is 15.1. The Morgan fingerprint density at radius 3 is 2.30 bits per heavy atom. The van der Waals surface area contributed by atoms with Gasteiger partial charge in [0.25, 0.3) is 0 Å². The number of pyridine rings is 1. The smallest absolute Gasteiger partial charge is 0.0739 e. The zero-order valence-corrected chi connectivity index (χ0v) is 14.2. The SMILES string of the molecule is Cc1ccc2c(C=Cc3ccc(N(C)C)cc3)ccnc2c1C. The van der Waals surface area contributed by atoms with Crippen LogP contribution in [0.5, 0.6) is 0 Å². The van der Waals surface area contributed by atoms with Gasteiger partial charge in [0.05, 0.1) is 5.52 Å². The summed E-state index contributed by atoms with van der Waals surface area (Å²) in [6.45, 7) is 4.27. The number of fused-ring (bicyclic) bond motifs is 1. The molecule has 2 nitrogen and oxygen atoms in total. The lowest BCUT2D eigenvalue weighted by Gasteiger charge is -2.11. The van der Waals surface area contributed by atoms with Gasteiger partial charge in [0.15, 0.2) is 0 Å². The molecule has 2 aromatic carbocycles. The highest BCUT2D eigenvalue weighted by molar-refractivity contribution is 5.92. The largest absolute Gasteiger partial charge is 0.378 e. The first-order chi connectivity index (χ1) is 11.1. The van der Waals surface area contributed by atoms with Gasteiger partial charge in [0, 0.05) is 31.4 Å². The van der Waals surface area contributed by atoms with Gasteiger partial charge in [0.1, 0.15) is 0 Å². The monoisotopic (exact) mass is 302 g/mol. The Balaban J connectivity index is 1.96. The van der Waals surface area contributed by atoms with Crippen molar-refractivity contribution in [2.24, 2.45) is 0 Å². The van der Waals surface area contributed by atoms with E-state index in [2.05, 4.69) is 92.4 Å². The van der Waals surface area contributed by atoms with E-state index in [1.54, 1.807) is 0 Å². The molecule has 3 rings (SSSR count). The predicted molar refractivity (Wildman–Crippen MR) is 101 cm³/mol. The van der Waals surface area contributed by atoms with Crippen LogP contribution >= 0.6 is 0 Å². The summed E-state index contributed by atoms with van der Waals surface area (Å²) in [5.74, 6) is 0. The summed E-state index contributed by atoms with van der Waals surface area (Å²) in [5.41, 5.74) is 7.25. The summed E-state index contributed by atoms with van der Waals surface area (Å²) in [6, 6.07) is 15.0. The molecule has 23 heavy (non-hydrogen) atoms. The van der Waals surface area contributed by atoms with Crippen LogP contribution in [-0.2, 0) is 0 Å². The van der Waals surface area contributed by atoms with Crippen LogP contribution in [-0.4, -0.2) is 19.1 Å². The third-order valence-electron chi connectivity index (χ3n) is 4.34. The number of hydrogen-bond acceptors (Lipinski definition) is 2. The second-order valence-corrected chi connectivity index (χ2v) is 6.12. The molecule has 0 N–H and O–H groups in total. The maximum absolute atomic E-state index is 4.55. The van der Waals surface area contributed by atoms with E-state index in [-0.39, 0.29) is 0 Å². The van der Waals surface area contributed by atoms with Crippen molar-refractivity contribution in [3.63, 3.8) is 0 Å². The maximum Gasteiger partial charge on any atom is 0.0739 e. The molecule has 0 saturated carbocycles. The zero-order valence-electron chi connectivity index (χ0n) is 14.2. The van der Waals surface area contributed by atoms with Gasteiger partial charge in [-0.2, -0.15) is 0 Å². The second kappa shape index (κ2) is 6.25. The van der Waals surface area contributed by atoms with E-state index in [0.717, 1.165) is 5.52 Å². The molecule has 0 unspecified atom stereocenters. The van der Waals surface area contributed by atoms with Gasteiger partial charge in [-0.3, -0.25) is 4.98 Å². The van der Waals surface area contributed by atoms with Crippen LogP contribution in [0.4, 0.5) is 5.69 Å². The number of aryl methyl sites for hydroxylation is 2. The minimum Gasteiger partial charge on any atom is -0.378 e. The van der Waals surface area contributed by atoms with Crippen molar-refractivity contribution < 1.29 is 0 Å². The number of benzene rings is 2. The van der Waals surface area contributed by atoms with E-state index in [0.29, 0.717) is 0 Å². The van der Waals surface area contributed by atoms with E-state index < -0.39 is 0 Å². The van der Waals surface area contributed by atoms with Gasteiger partial charge < -0.3 is 4.90 Å². The van der Waals surface area contributed by atoms with Gasteiger partial charge in [-0.1, -0.05) is 36.4 Å². The fraction of sp³-hybridized carbons (Fsp3) is 0.190. The molecular formula is C21H22N2. The molecule has 0 atom stereocenters. The van der Waals surface area contributed by atoms with Gasteiger partial charge in [-0.25, -0.2) is 0 Å². The Labute approximate surface area is 138 Å². The van der Waals surface area contributed by atoms with Crippen LogP contribution < -0.4 is 4.90 Å². The third-order valence-corrected chi connectivity index (χ3v) is 4.34. The standard InChI is InChI=1S/C21H22N2/c1-15-5-12-20-18(13-14-22-21(20)16(15)2)9-6-17-7-10-19(11-8-17)23(3)4/h5-14H,1-4H3. The van der Waals surface area contributed by atoms with Crippen LogP contribution in [0.25, 0.3) is 23.1 Å². The number of anilines is 1. The summed E-state index contributed by atoms with van der Waals surface area (Å²) in [5, 5.41) is 1.21. The highest BCUT2D eigenvalue weighted by Gasteiger charge is 2.04. The van der Waals surface area contributed by atoms with Crippen LogP contribution in [0.2, 0.25) is 0 Å². The number of aromatic nitrogens is 1. The minimum absolute atomic E-state index is 1.09. The maximum atomic E-state index is 4.55. The van der Waals surface area contributed by atoms with Crippen molar-refractivity contribution in [3.8, 4) is 0 Å². The van der Waals surface area contributed by atoms with Gasteiger partial charge in [0.2, 0.25) is 0 Å². The molecular weight excluding hydrogens is 280 g/mol. The van der Waals surface area contributed by atoms with Crippen molar-refractivity contribution in [2.75, 3.05) is 19.0 Å². The molecule has 0 saturated heterocycles. The topological polar surface area (TPSA) is 16.1 Å². The Bertz CT molecular complexity index is 859. The summed E-state index contributed by atoms with van der Waals surface area (Å²) >= 11 is 0. The molecule has 116 valence electrons. The molecule has 0 spiro atoms. The molecule has 3 aromatic rings. The van der Waals surface area contributed by atoms with Crippen LogP contribution in [0.3, 0.4) is 0 Å². The van der Waals surface area contributed by atoms with Crippen LogP contribution in [0, 0.1) is 13.8 Å². The van der Waals surface area contributed by atoms with E-state index in [4.69, 9.17) is 0 Å². The number of rotatable bonds is 3. The van der Waals surface area contributed by atoms with Crippen molar-refractivity contribution in [2.45, 2.75) is 13.8 Å². The summed E-state index contributed by atoms with van der Waals surface area (Å²) in [4.78, 5) is 6.65. The molecule has 1 aromatic heterocycles. The summed E-state index contributed by atoms with van der Waals surface area (Å²) in [7, 11) is 4.11. The quantitative estimate of drug-likeness (QED) is 0.670. The lowest BCUT2D eigenvalue weighted by molar-refractivity contribution is 1.13. The molecule has 0 aliphatic rings. The lowest BCUT2D eigenvalue weighted by Crippen LogP contribution is -2.07. The second-order valence-electron chi connectivity index (χ2n) is 6.12. The number of nitrogens with zero attached hydrogens (tertiary/aromatic N) is 2. The fourth-order valence-corrected chi connectivity index (χ4v) is 2.70. The molecule has 0 amide bonds. The zero-order chi connectivity index (χ0) is 16.4. The minimum atomic E-state index is 1.09. The number of hydrogen-bond donors (Lipinski definition) is 0. The normalized spacial score (nSPS) is 11.3. The van der Waals surface area contributed by atoms with E-state index in [1.165, 1.54) is 33.3 Å². The lowest BCUT2D eigenvalue weighted by atomic mass is 10.0. The van der Waals surface area contributed by atoms with Crippen molar-refractivity contribution in [3.05, 3.63) is 70.9 Å². The summed E-state index contributed by atoms with van der Waals surface area (Å²) < 4.78 is 0. The Hall–Kier alpha value is -2.61. The van der Waals surface area contributed by atoms with E-state index >= 15 is 0 Å². The Kier molecular flexibility index (Phi) is 4.16. The van der Waals surface area contributed by atoms with E-state index in [1.807, 2.05) is 6.20 Å².